The summed E-state index contributed by atoms with van der Waals surface area (Å²) >= 11 is 0. The zero-order valence-electron chi connectivity index (χ0n) is 23.4. The van der Waals surface area contributed by atoms with Crippen molar-refractivity contribution in [2.75, 3.05) is 24.8 Å². The van der Waals surface area contributed by atoms with Crippen molar-refractivity contribution in [3.63, 3.8) is 0 Å². The normalized spacial score (nSPS) is 16.2. The molecular weight excluding hydrogens is 542 g/mol. The van der Waals surface area contributed by atoms with Crippen LogP contribution in [-0.2, 0) is 21.1 Å². The van der Waals surface area contributed by atoms with Crippen LogP contribution in [-0.4, -0.2) is 57.4 Å². The molecule has 1 atom stereocenters. The van der Waals surface area contributed by atoms with Crippen molar-refractivity contribution >= 4 is 26.8 Å². The number of rotatable bonds is 11. The summed E-state index contributed by atoms with van der Waals surface area (Å²) in [5.41, 5.74) is 4.20. The van der Waals surface area contributed by atoms with Crippen molar-refractivity contribution in [2.24, 2.45) is 5.92 Å². The van der Waals surface area contributed by atoms with Gasteiger partial charge < -0.3 is 10.1 Å². The van der Waals surface area contributed by atoms with Gasteiger partial charge in [-0.2, -0.15) is 0 Å². The number of methoxy groups -OCH3 is 1. The Kier molecular flexibility index (Phi) is 7.28. The van der Waals surface area contributed by atoms with Crippen molar-refractivity contribution in [2.45, 2.75) is 62.9 Å². The van der Waals surface area contributed by atoms with Gasteiger partial charge in [0.2, 0.25) is 0 Å². The Morgan fingerprint density at radius 2 is 1.83 bits per heavy atom. The molecule has 12 heteroatoms. The van der Waals surface area contributed by atoms with Gasteiger partial charge in [-0.15, -0.1) is 0 Å². The third-order valence-electron chi connectivity index (χ3n) is 7.90. The maximum atomic E-state index is 13.8. The third kappa shape index (κ3) is 5.58. The van der Waals surface area contributed by atoms with Gasteiger partial charge in [0.1, 0.15) is 11.8 Å². The van der Waals surface area contributed by atoms with Gasteiger partial charge >= 0.3 is 0 Å². The molecule has 3 aromatic heterocycles. The van der Waals surface area contributed by atoms with E-state index in [9.17, 15) is 13.2 Å². The molecule has 3 heterocycles. The van der Waals surface area contributed by atoms with Crippen LogP contribution in [0.3, 0.4) is 0 Å². The fourth-order valence-corrected chi connectivity index (χ4v) is 6.32. The highest BCUT2D eigenvalue weighted by atomic mass is 32.2. The molecule has 6 rings (SSSR count). The monoisotopic (exact) mass is 575 g/mol. The summed E-state index contributed by atoms with van der Waals surface area (Å²) in [6.45, 7) is 4.42. The Morgan fingerprint density at radius 3 is 2.51 bits per heavy atom. The molecule has 0 spiro atoms. The first kappa shape index (κ1) is 27.4. The molecule has 2 aliphatic carbocycles. The van der Waals surface area contributed by atoms with E-state index >= 15 is 0 Å². The molecule has 1 N–H and O–H groups in total. The van der Waals surface area contributed by atoms with Crippen LogP contribution in [0, 0.1) is 12.8 Å². The van der Waals surface area contributed by atoms with E-state index in [4.69, 9.17) is 9.72 Å². The third-order valence-corrected chi connectivity index (χ3v) is 9.59. The van der Waals surface area contributed by atoms with Crippen LogP contribution in [0.2, 0.25) is 0 Å². The number of hydrogen-bond acceptors (Lipinski definition) is 10. The number of hydrogen-bond donors (Lipinski definition) is 1. The summed E-state index contributed by atoms with van der Waals surface area (Å²) in [4.78, 5) is 37.2. The molecule has 0 saturated heterocycles. The van der Waals surface area contributed by atoms with Crippen LogP contribution in [0.4, 0.5) is 5.82 Å². The Morgan fingerprint density at radius 1 is 1.07 bits per heavy atom. The van der Waals surface area contributed by atoms with Crippen molar-refractivity contribution in [1.29, 1.82) is 0 Å². The van der Waals surface area contributed by atoms with E-state index in [1.54, 1.807) is 41.4 Å². The Hall–Kier alpha value is -3.77. The minimum Gasteiger partial charge on any atom is -0.384 e. The lowest BCUT2D eigenvalue weighted by atomic mass is 10.1. The van der Waals surface area contributed by atoms with Gasteiger partial charge in [-0.05, 0) is 63.1 Å². The number of nitrogens with one attached hydrogen (secondary N) is 1. The number of fused-ring (bicyclic) bond motifs is 1. The average Bonchev–Trinajstić information content (AvgIpc) is 3.88. The predicted octanol–water partition coefficient (Wildman–Crippen LogP) is 3.83. The van der Waals surface area contributed by atoms with Crippen LogP contribution in [0.1, 0.15) is 61.5 Å². The van der Waals surface area contributed by atoms with Crippen LogP contribution in [0.15, 0.2) is 46.5 Å². The van der Waals surface area contributed by atoms with Gasteiger partial charge in [0.25, 0.3) is 5.56 Å². The summed E-state index contributed by atoms with van der Waals surface area (Å²) in [6.07, 6.45) is 7.56. The molecule has 11 nitrogen and oxygen atoms in total. The zero-order chi connectivity index (χ0) is 28.7. The number of anilines is 1. The molecule has 4 aromatic rings. The van der Waals surface area contributed by atoms with E-state index in [1.165, 1.54) is 7.11 Å². The summed E-state index contributed by atoms with van der Waals surface area (Å²) < 4.78 is 31.5. The van der Waals surface area contributed by atoms with E-state index in [1.807, 2.05) is 6.92 Å². The topological polar surface area (TPSA) is 142 Å². The molecule has 0 bridgehead atoms. The van der Waals surface area contributed by atoms with Crippen LogP contribution in [0.25, 0.3) is 22.6 Å². The summed E-state index contributed by atoms with van der Waals surface area (Å²) in [5.74, 6) is 1.43. The molecule has 2 aliphatic rings. The molecule has 214 valence electrons. The van der Waals surface area contributed by atoms with Crippen molar-refractivity contribution < 1.29 is 13.2 Å². The summed E-state index contributed by atoms with van der Waals surface area (Å²) in [5, 5.41) is 3.17. The maximum Gasteiger partial charge on any atom is 0.295 e. The highest BCUT2D eigenvalue weighted by Gasteiger charge is 2.33. The Bertz CT molecular complexity index is 1760. The first-order chi connectivity index (χ1) is 19.8. The predicted molar refractivity (Wildman–Crippen MR) is 154 cm³/mol. The van der Waals surface area contributed by atoms with Crippen molar-refractivity contribution in [3.05, 3.63) is 64.1 Å². The van der Waals surface area contributed by atoms with Crippen LogP contribution >= 0.6 is 0 Å². The molecule has 2 saturated carbocycles. The van der Waals surface area contributed by atoms with E-state index < -0.39 is 9.84 Å². The Balaban J connectivity index is 1.34. The van der Waals surface area contributed by atoms with E-state index in [2.05, 4.69) is 32.2 Å². The minimum atomic E-state index is -3.42. The fourth-order valence-electron chi connectivity index (χ4n) is 5.15. The molecule has 2 fully saturated rings. The van der Waals surface area contributed by atoms with Gasteiger partial charge in [0.15, 0.2) is 27.1 Å². The maximum absolute atomic E-state index is 13.8. The number of benzene rings is 1. The van der Waals surface area contributed by atoms with E-state index in [0.717, 1.165) is 48.2 Å². The molecule has 41 heavy (non-hydrogen) atoms. The average molecular weight is 576 g/mol. The molecule has 0 aliphatic heterocycles. The molecular formula is C29H33N7O4S. The van der Waals surface area contributed by atoms with Gasteiger partial charge in [0.05, 0.1) is 40.4 Å². The summed E-state index contributed by atoms with van der Waals surface area (Å²) in [6, 6.07) is 6.56. The molecule has 0 radical (unpaired) electrons. The molecule has 0 amide bonds. The summed E-state index contributed by atoms with van der Waals surface area (Å²) in [7, 11) is -1.95. The Labute approximate surface area is 238 Å². The van der Waals surface area contributed by atoms with Crippen LogP contribution in [0.5, 0.6) is 0 Å². The van der Waals surface area contributed by atoms with E-state index in [-0.39, 0.29) is 34.7 Å². The van der Waals surface area contributed by atoms with Gasteiger partial charge in [0, 0.05) is 25.6 Å². The lowest BCUT2D eigenvalue weighted by molar-refractivity contribution is 0.217. The van der Waals surface area contributed by atoms with Gasteiger partial charge in [-0.1, -0.05) is 12.1 Å². The number of sulfone groups is 1. The van der Waals surface area contributed by atoms with Crippen molar-refractivity contribution in [3.8, 4) is 11.4 Å². The zero-order valence-corrected chi connectivity index (χ0v) is 24.2. The smallest absolute Gasteiger partial charge is 0.295 e. The highest BCUT2D eigenvalue weighted by Crippen LogP contribution is 2.43. The second-order valence-electron chi connectivity index (χ2n) is 10.9. The first-order valence-electron chi connectivity index (χ1n) is 13.9. The lowest BCUT2D eigenvalue weighted by Crippen LogP contribution is -2.29. The second-order valence-corrected chi connectivity index (χ2v) is 13.0. The second kappa shape index (κ2) is 10.9. The minimum absolute atomic E-state index is 0.0519. The van der Waals surface area contributed by atoms with Gasteiger partial charge in [-0.25, -0.2) is 33.3 Å². The number of ether oxygens (including phenoxy) is 1. The van der Waals surface area contributed by atoms with Gasteiger partial charge in [-0.3, -0.25) is 9.36 Å². The quantitative estimate of drug-likeness (QED) is 0.280. The number of nitrogens with zero attached hydrogens (tertiary/aromatic N) is 6. The standard InChI is InChI=1S/C29H33N7O4S/c1-17-24(25(21-8-9-21)33-16-32-17)26-31-15-23-28(35-26)36(18(2)20-6-7-20)29(37)27(34-23)30-14-19-4-10-22(11-5-19)41(38,39)13-12-40-3/h4-5,10-11,15-16,18,20-21H,6-9,12-14H2,1-3H3,(H,30,34). The number of aryl methyl sites for hydroxylation is 1. The highest BCUT2D eigenvalue weighted by molar-refractivity contribution is 7.91. The van der Waals surface area contributed by atoms with Crippen molar-refractivity contribution in [1.82, 2.24) is 29.5 Å². The molecule has 1 unspecified atom stereocenters. The lowest BCUT2D eigenvalue weighted by Gasteiger charge is -2.19. The fraction of sp³-hybridized carbons (Fsp3) is 0.448. The van der Waals surface area contributed by atoms with Crippen LogP contribution < -0.4 is 10.9 Å². The van der Waals surface area contributed by atoms with E-state index in [0.29, 0.717) is 35.4 Å². The largest absolute Gasteiger partial charge is 0.384 e. The SMILES string of the molecule is COCCS(=O)(=O)c1ccc(CNc2nc3cnc(-c4c(C)ncnc4C4CC4)nc3n(C(C)C3CC3)c2=O)cc1. The molecule has 1 aromatic carbocycles. The number of aromatic nitrogens is 6. The first-order valence-corrected chi connectivity index (χ1v) is 15.6.